The molecule has 5 aromatic rings. The Bertz CT molecular complexity index is 1430. The highest BCUT2D eigenvalue weighted by Gasteiger charge is 2.17. The number of rotatable bonds is 7. The lowest BCUT2D eigenvalue weighted by atomic mass is 10.1. The van der Waals surface area contributed by atoms with E-state index in [1.165, 1.54) is 0 Å². The molecule has 0 spiro atoms. The molecule has 170 valence electrons. The van der Waals surface area contributed by atoms with Gasteiger partial charge in [0.2, 0.25) is 0 Å². The maximum atomic E-state index is 13.3. The maximum absolute atomic E-state index is 13.3. The number of nitrogens with zero attached hydrogens (tertiary/aromatic N) is 3. The van der Waals surface area contributed by atoms with Crippen molar-refractivity contribution in [1.29, 1.82) is 0 Å². The normalized spacial score (nSPS) is 11.0. The molecule has 7 nitrogen and oxygen atoms in total. The second-order valence-corrected chi connectivity index (χ2v) is 8.15. The summed E-state index contributed by atoms with van der Waals surface area (Å²) in [6.45, 7) is 4.60. The van der Waals surface area contributed by atoms with Crippen LogP contribution in [0, 0.1) is 13.8 Å². The van der Waals surface area contributed by atoms with Crippen molar-refractivity contribution in [3.8, 4) is 5.75 Å². The average molecular weight is 453 g/mol. The van der Waals surface area contributed by atoms with Crippen LogP contribution in [-0.2, 0) is 13.2 Å². The van der Waals surface area contributed by atoms with Crippen molar-refractivity contribution in [3.63, 3.8) is 0 Å². The van der Waals surface area contributed by atoms with E-state index < -0.39 is 0 Å². The molecule has 2 heterocycles. The fraction of sp³-hybridized carbons (Fsp3) is 0.148. The number of anilines is 1. The Hall–Kier alpha value is -4.39. The van der Waals surface area contributed by atoms with Crippen molar-refractivity contribution < 1.29 is 14.1 Å². The first-order valence-corrected chi connectivity index (χ1v) is 11.0. The minimum atomic E-state index is -0.265. The Balaban J connectivity index is 1.39. The van der Waals surface area contributed by atoms with E-state index in [4.69, 9.17) is 9.26 Å². The van der Waals surface area contributed by atoms with E-state index in [2.05, 4.69) is 15.6 Å². The van der Waals surface area contributed by atoms with Gasteiger partial charge in [-0.3, -0.25) is 9.48 Å². The van der Waals surface area contributed by atoms with Crippen LogP contribution in [0.5, 0.6) is 5.75 Å². The van der Waals surface area contributed by atoms with E-state index in [1.54, 1.807) is 10.9 Å². The van der Waals surface area contributed by atoms with Gasteiger partial charge in [-0.05, 0) is 42.3 Å². The molecule has 7 heteroatoms. The number of amides is 1. The molecule has 0 saturated carbocycles. The zero-order valence-corrected chi connectivity index (χ0v) is 19.0. The summed E-state index contributed by atoms with van der Waals surface area (Å²) in [7, 11) is 0. The van der Waals surface area contributed by atoms with Gasteiger partial charge in [-0.25, -0.2) is 0 Å². The smallest absolute Gasteiger partial charge is 0.259 e. The average Bonchev–Trinajstić information content (AvgIpc) is 3.42. The number of carbonyl (C=O) groups is 1. The number of ether oxygens (including phenoxy) is 1. The fourth-order valence-corrected chi connectivity index (χ4v) is 3.86. The summed E-state index contributed by atoms with van der Waals surface area (Å²) in [6, 6.07) is 21.7. The molecule has 34 heavy (non-hydrogen) atoms. The van der Waals surface area contributed by atoms with E-state index in [-0.39, 0.29) is 12.5 Å². The minimum Gasteiger partial charge on any atom is -0.488 e. The molecule has 1 N–H and O–H groups in total. The van der Waals surface area contributed by atoms with Crippen LogP contribution < -0.4 is 10.1 Å². The fourth-order valence-electron chi connectivity index (χ4n) is 3.86. The summed E-state index contributed by atoms with van der Waals surface area (Å²) in [5.74, 6) is 0.932. The highest BCUT2D eigenvalue weighted by Crippen LogP contribution is 2.28. The third-order valence-corrected chi connectivity index (χ3v) is 5.72. The molecule has 3 aromatic carbocycles. The Kier molecular flexibility index (Phi) is 5.82. The zero-order valence-electron chi connectivity index (χ0n) is 19.0. The van der Waals surface area contributed by atoms with E-state index in [1.807, 2.05) is 86.8 Å². The lowest BCUT2D eigenvalue weighted by Crippen LogP contribution is -2.13. The van der Waals surface area contributed by atoms with Gasteiger partial charge in [0.05, 0.1) is 35.2 Å². The molecule has 0 bridgehead atoms. The number of fused-ring (bicyclic) bond motifs is 1. The first-order chi connectivity index (χ1) is 16.6. The van der Waals surface area contributed by atoms with Crippen LogP contribution in [0.2, 0.25) is 0 Å². The van der Waals surface area contributed by atoms with Gasteiger partial charge in [0, 0.05) is 6.20 Å². The molecule has 0 atom stereocenters. The van der Waals surface area contributed by atoms with Crippen LogP contribution in [0.4, 0.5) is 5.69 Å². The lowest BCUT2D eigenvalue weighted by molar-refractivity contribution is 0.102. The van der Waals surface area contributed by atoms with E-state index in [9.17, 15) is 4.79 Å². The molecule has 2 aromatic heterocycles. The summed E-state index contributed by atoms with van der Waals surface area (Å²) in [4.78, 5) is 13.3. The molecule has 0 aliphatic heterocycles. The van der Waals surface area contributed by atoms with E-state index in [0.29, 0.717) is 29.3 Å². The number of carbonyl (C=O) groups excluding carboxylic acids is 1. The number of nitrogens with one attached hydrogen (secondary N) is 1. The van der Waals surface area contributed by atoms with Crippen LogP contribution in [0.25, 0.3) is 10.8 Å². The van der Waals surface area contributed by atoms with Gasteiger partial charge < -0.3 is 14.6 Å². The highest BCUT2D eigenvalue weighted by molar-refractivity contribution is 6.08. The number of aryl methyl sites for hydroxylation is 2. The van der Waals surface area contributed by atoms with Gasteiger partial charge in [-0.15, -0.1) is 0 Å². The predicted octanol–water partition coefficient (Wildman–Crippen LogP) is 5.52. The van der Waals surface area contributed by atoms with Gasteiger partial charge in [-0.2, -0.15) is 5.10 Å². The third-order valence-electron chi connectivity index (χ3n) is 5.72. The van der Waals surface area contributed by atoms with Crippen molar-refractivity contribution in [2.24, 2.45) is 0 Å². The Morgan fingerprint density at radius 1 is 1.03 bits per heavy atom. The Morgan fingerprint density at radius 3 is 2.50 bits per heavy atom. The molecule has 0 saturated heterocycles. The topological polar surface area (TPSA) is 82.2 Å². The molecule has 0 unspecified atom stereocenters. The minimum absolute atomic E-state index is 0.259. The maximum Gasteiger partial charge on any atom is 0.259 e. The van der Waals surface area contributed by atoms with Crippen LogP contribution in [0.15, 0.2) is 83.6 Å². The first-order valence-electron chi connectivity index (χ1n) is 11.0. The summed E-state index contributed by atoms with van der Waals surface area (Å²) < 4.78 is 13.1. The number of aromatic nitrogens is 3. The van der Waals surface area contributed by atoms with Crippen LogP contribution in [0.1, 0.15) is 32.9 Å². The largest absolute Gasteiger partial charge is 0.488 e. The molecule has 0 fully saturated rings. The number of hydrogen-bond acceptors (Lipinski definition) is 5. The molecule has 0 radical (unpaired) electrons. The zero-order chi connectivity index (χ0) is 23.5. The predicted molar refractivity (Wildman–Crippen MR) is 130 cm³/mol. The van der Waals surface area contributed by atoms with Crippen LogP contribution in [0.3, 0.4) is 0 Å². The summed E-state index contributed by atoms with van der Waals surface area (Å²) in [5, 5.41) is 13.3. The van der Waals surface area contributed by atoms with Gasteiger partial charge in [0.15, 0.2) is 0 Å². The molecule has 5 rings (SSSR count). The lowest BCUT2D eigenvalue weighted by Gasteiger charge is -2.13. The van der Waals surface area contributed by atoms with Crippen molar-refractivity contribution in [2.45, 2.75) is 27.0 Å². The van der Waals surface area contributed by atoms with E-state index >= 15 is 0 Å². The number of benzene rings is 3. The molecule has 0 aliphatic carbocycles. The van der Waals surface area contributed by atoms with Crippen LogP contribution >= 0.6 is 0 Å². The Labute approximate surface area is 197 Å². The van der Waals surface area contributed by atoms with Gasteiger partial charge in [0.25, 0.3) is 5.91 Å². The highest BCUT2D eigenvalue weighted by atomic mass is 16.5. The summed E-state index contributed by atoms with van der Waals surface area (Å²) in [6.07, 6.45) is 3.46. The molecule has 0 aliphatic rings. The number of hydrogen-bond donors (Lipinski definition) is 1. The van der Waals surface area contributed by atoms with Crippen LogP contribution in [-0.4, -0.2) is 20.8 Å². The van der Waals surface area contributed by atoms with Gasteiger partial charge >= 0.3 is 0 Å². The second kappa shape index (κ2) is 9.23. The Morgan fingerprint density at radius 2 is 1.76 bits per heavy atom. The molecular formula is C27H24N4O3. The summed E-state index contributed by atoms with van der Waals surface area (Å²) >= 11 is 0. The second-order valence-electron chi connectivity index (χ2n) is 8.15. The third kappa shape index (κ3) is 4.54. The van der Waals surface area contributed by atoms with Crippen molar-refractivity contribution in [1.82, 2.24) is 14.9 Å². The van der Waals surface area contributed by atoms with E-state index in [0.717, 1.165) is 27.6 Å². The van der Waals surface area contributed by atoms with Crippen molar-refractivity contribution in [2.75, 3.05) is 5.32 Å². The molecular weight excluding hydrogens is 428 g/mol. The SMILES string of the molecule is Cc1noc(C)c1COc1cc2ccccc2cc1C(=O)Nc1cnn(Cc2ccccc2)c1. The summed E-state index contributed by atoms with van der Waals surface area (Å²) in [5.41, 5.74) is 3.84. The molecule has 1 amide bonds. The standard InChI is InChI=1S/C27H24N4O3/c1-18-25(19(2)34-30-18)17-33-26-13-22-11-7-6-10-21(22)12-24(26)27(32)29-23-14-28-31(16-23)15-20-8-4-3-5-9-20/h3-14,16H,15,17H2,1-2H3,(H,29,32). The quantitative estimate of drug-likeness (QED) is 0.352. The van der Waals surface area contributed by atoms with Crippen molar-refractivity contribution in [3.05, 3.63) is 107 Å². The van der Waals surface area contributed by atoms with Crippen molar-refractivity contribution >= 4 is 22.4 Å². The van der Waals surface area contributed by atoms with Gasteiger partial charge in [-0.1, -0.05) is 59.8 Å². The van der Waals surface area contributed by atoms with Gasteiger partial charge in [0.1, 0.15) is 18.1 Å². The monoisotopic (exact) mass is 452 g/mol. The first kappa shape index (κ1) is 21.5.